The standard InChI is InChI=1S/C20H28N2O5/c1-20(2,3)27-19(24)22(13-18(23)21-9-5-4-6-10-21)12-15-7-8-16-17(11-15)26-14-25-16/h7-8,11H,4-6,9-10,12-14H2,1-3H3. The van der Waals surface area contributed by atoms with Crippen LogP contribution in [0.2, 0.25) is 0 Å². The van der Waals surface area contributed by atoms with Gasteiger partial charge < -0.3 is 19.1 Å². The summed E-state index contributed by atoms with van der Waals surface area (Å²) in [6, 6.07) is 5.53. The molecule has 0 saturated carbocycles. The fourth-order valence-electron chi connectivity index (χ4n) is 3.18. The van der Waals surface area contributed by atoms with E-state index in [0.29, 0.717) is 11.5 Å². The van der Waals surface area contributed by atoms with E-state index in [-0.39, 0.29) is 25.8 Å². The minimum atomic E-state index is -0.627. The fraction of sp³-hybridized carbons (Fsp3) is 0.600. The lowest BCUT2D eigenvalue weighted by atomic mass is 10.1. The lowest BCUT2D eigenvalue weighted by Gasteiger charge is -2.31. The maximum absolute atomic E-state index is 12.7. The molecule has 1 aromatic rings. The van der Waals surface area contributed by atoms with Gasteiger partial charge in [0.25, 0.3) is 0 Å². The third kappa shape index (κ3) is 5.28. The van der Waals surface area contributed by atoms with E-state index in [1.807, 2.05) is 43.9 Å². The number of amides is 2. The molecule has 1 aromatic carbocycles. The van der Waals surface area contributed by atoms with E-state index in [0.717, 1.165) is 37.9 Å². The zero-order valence-electron chi connectivity index (χ0n) is 16.3. The van der Waals surface area contributed by atoms with Gasteiger partial charge in [-0.05, 0) is 57.7 Å². The van der Waals surface area contributed by atoms with E-state index in [4.69, 9.17) is 14.2 Å². The summed E-state index contributed by atoms with van der Waals surface area (Å²) in [5.74, 6) is 1.30. The number of nitrogens with zero attached hydrogens (tertiary/aromatic N) is 2. The van der Waals surface area contributed by atoms with Crippen LogP contribution in [0.3, 0.4) is 0 Å². The molecule has 7 nitrogen and oxygen atoms in total. The molecule has 0 atom stereocenters. The topological polar surface area (TPSA) is 68.3 Å². The first-order chi connectivity index (χ1) is 12.8. The van der Waals surface area contributed by atoms with Gasteiger partial charge in [0.05, 0.1) is 0 Å². The van der Waals surface area contributed by atoms with Gasteiger partial charge in [0, 0.05) is 19.6 Å². The number of hydrogen-bond donors (Lipinski definition) is 0. The lowest BCUT2D eigenvalue weighted by molar-refractivity contribution is -0.133. The van der Waals surface area contributed by atoms with Crippen molar-refractivity contribution in [2.75, 3.05) is 26.4 Å². The van der Waals surface area contributed by atoms with Crippen molar-refractivity contribution >= 4 is 12.0 Å². The van der Waals surface area contributed by atoms with E-state index in [1.165, 1.54) is 4.90 Å². The van der Waals surface area contributed by atoms with Crippen LogP contribution in [0, 0.1) is 0 Å². The quantitative estimate of drug-likeness (QED) is 0.807. The monoisotopic (exact) mass is 376 g/mol. The highest BCUT2D eigenvalue weighted by molar-refractivity contribution is 5.82. The van der Waals surface area contributed by atoms with E-state index < -0.39 is 11.7 Å². The second kappa shape index (κ2) is 8.06. The average Bonchev–Trinajstić information content (AvgIpc) is 3.08. The zero-order valence-corrected chi connectivity index (χ0v) is 16.3. The van der Waals surface area contributed by atoms with Crippen LogP contribution in [0.4, 0.5) is 4.79 Å². The van der Waals surface area contributed by atoms with Gasteiger partial charge in [-0.3, -0.25) is 9.69 Å². The number of piperidine rings is 1. The first-order valence-electron chi connectivity index (χ1n) is 9.46. The molecular formula is C20H28N2O5. The molecule has 148 valence electrons. The van der Waals surface area contributed by atoms with E-state index in [1.54, 1.807) is 0 Å². The number of likely N-dealkylation sites (tertiary alicyclic amines) is 1. The van der Waals surface area contributed by atoms with Gasteiger partial charge in [0.15, 0.2) is 11.5 Å². The highest BCUT2D eigenvalue weighted by Gasteiger charge is 2.27. The van der Waals surface area contributed by atoms with Gasteiger partial charge in [0.2, 0.25) is 12.7 Å². The van der Waals surface area contributed by atoms with Crippen molar-refractivity contribution in [3.63, 3.8) is 0 Å². The second-order valence-corrected chi connectivity index (χ2v) is 7.97. The maximum atomic E-state index is 12.7. The molecule has 2 aliphatic heterocycles. The lowest BCUT2D eigenvalue weighted by Crippen LogP contribution is -2.45. The fourth-order valence-corrected chi connectivity index (χ4v) is 3.18. The summed E-state index contributed by atoms with van der Waals surface area (Å²) in [4.78, 5) is 28.7. The molecule has 27 heavy (non-hydrogen) atoms. The molecule has 2 aliphatic rings. The molecule has 2 heterocycles. The molecule has 3 rings (SSSR count). The normalized spacial score (nSPS) is 16.2. The molecule has 0 aromatic heterocycles. The van der Waals surface area contributed by atoms with Gasteiger partial charge in [-0.15, -0.1) is 0 Å². The van der Waals surface area contributed by atoms with E-state index in [2.05, 4.69) is 0 Å². The number of carbonyl (C=O) groups excluding carboxylic acids is 2. The summed E-state index contributed by atoms with van der Waals surface area (Å²) >= 11 is 0. The summed E-state index contributed by atoms with van der Waals surface area (Å²) in [5, 5.41) is 0. The Morgan fingerprint density at radius 1 is 1.11 bits per heavy atom. The van der Waals surface area contributed by atoms with Crippen molar-refractivity contribution in [1.29, 1.82) is 0 Å². The minimum Gasteiger partial charge on any atom is -0.454 e. The van der Waals surface area contributed by atoms with Gasteiger partial charge in [-0.25, -0.2) is 4.79 Å². The van der Waals surface area contributed by atoms with Gasteiger partial charge in [-0.1, -0.05) is 6.07 Å². The first-order valence-corrected chi connectivity index (χ1v) is 9.46. The third-order valence-corrected chi connectivity index (χ3v) is 4.50. The van der Waals surface area contributed by atoms with Crippen molar-refractivity contribution in [3.05, 3.63) is 23.8 Å². The van der Waals surface area contributed by atoms with Crippen LogP contribution in [-0.4, -0.2) is 53.8 Å². The maximum Gasteiger partial charge on any atom is 0.411 e. The Morgan fingerprint density at radius 2 is 1.81 bits per heavy atom. The largest absolute Gasteiger partial charge is 0.454 e. The first kappa shape index (κ1) is 19.3. The number of ether oxygens (including phenoxy) is 3. The number of hydrogen-bond acceptors (Lipinski definition) is 5. The Hall–Kier alpha value is -2.44. The van der Waals surface area contributed by atoms with Crippen LogP contribution < -0.4 is 9.47 Å². The van der Waals surface area contributed by atoms with Crippen molar-refractivity contribution < 1.29 is 23.8 Å². The predicted octanol–water partition coefficient (Wildman–Crippen LogP) is 3.16. The number of carbonyl (C=O) groups is 2. The van der Waals surface area contributed by atoms with Crippen LogP contribution in [0.1, 0.15) is 45.6 Å². The van der Waals surface area contributed by atoms with Crippen LogP contribution in [0.5, 0.6) is 11.5 Å². The molecule has 2 amide bonds. The smallest absolute Gasteiger partial charge is 0.411 e. The van der Waals surface area contributed by atoms with Crippen molar-refractivity contribution in [2.24, 2.45) is 0 Å². The number of fused-ring (bicyclic) bond motifs is 1. The SMILES string of the molecule is CC(C)(C)OC(=O)N(CC(=O)N1CCCCC1)Cc1ccc2c(c1)OCO2. The molecule has 0 bridgehead atoms. The van der Waals surface area contributed by atoms with Crippen molar-refractivity contribution in [3.8, 4) is 11.5 Å². The Kier molecular flexibility index (Phi) is 5.77. The molecule has 7 heteroatoms. The molecule has 0 N–H and O–H groups in total. The van der Waals surface area contributed by atoms with Gasteiger partial charge in [0.1, 0.15) is 12.1 Å². The van der Waals surface area contributed by atoms with Crippen LogP contribution in [0.25, 0.3) is 0 Å². The van der Waals surface area contributed by atoms with Gasteiger partial charge in [-0.2, -0.15) is 0 Å². The molecule has 0 unspecified atom stereocenters. The second-order valence-electron chi connectivity index (χ2n) is 7.97. The predicted molar refractivity (Wildman–Crippen MR) is 99.6 cm³/mol. The number of rotatable bonds is 4. The zero-order chi connectivity index (χ0) is 19.4. The average molecular weight is 376 g/mol. The third-order valence-electron chi connectivity index (χ3n) is 4.50. The highest BCUT2D eigenvalue weighted by Crippen LogP contribution is 2.33. The Morgan fingerprint density at radius 3 is 2.52 bits per heavy atom. The highest BCUT2D eigenvalue weighted by atomic mass is 16.7. The Bertz CT molecular complexity index is 692. The van der Waals surface area contributed by atoms with Crippen LogP contribution in [0.15, 0.2) is 18.2 Å². The molecule has 0 spiro atoms. The van der Waals surface area contributed by atoms with Crippen molar-refractivity contribution in [1.82, 2.24) is 9.80 Å². The number of benzene rings is 1. The minimum absolute atomic E-state index is 0.00333. The summed E-state index contributed by atoms with van der Waals surface area (Å²) in [7, 11) is 0. The molecule has 1 saturated heterocycles. The molecule has 1 fully saturated rings. The molecule has 0 radical (unpaired) electrons. The van der Waals surface area contributed by atoms with E-state index in [9.17, 15) is 9.59 Å². The molecule has 0 aliphatic carbocycles. The molecular weight excluding hydrogens is 348 g/mol. The van der Waals surface area contributed by atoms with Crippen LogP contribution >= 0.6 is 0 Å². The summed E-state index contributed by atoms with van der Waals surface area (Å²) in [6.45, 7) is 7.43. The summed E-state index contributed by atoms with van der Waals surface area (Å²) < 4.78 is 16.2. The summed E-state index contributed by atoms with van der Waals surface area (Å²) in [5.41, 5.74) is 0.231. The van der Waals surface area contributed by atoms with Crippen molar-refractivity contribution in [2.45, 2.75) is 52.2 Å². The summed E-state index contributed by atoms with van der Waals surface area (Å²) in [6.07, 6.45) is 2.68. The Balaban J connectivity index is 1.72. The van der Waals surface area contributed by atoms with Gasteiger partial charge >= 0.3 is 6.09 Å². The van der Waals surface area contributed by atoms with Crippen LogP contribution in [-0.2, 0) is 16.1 Å². The van der Waals surface area contributed by atoms with E-state index >= 15 is 0 Å². The Labute approximate surface area is 160 Å².